The van der Waals surface area contributed by atoms with Crippen LogP contribution in [0.5, 0.6) is 5.75 Å². The van der Waals surface area contributed by atoms with E-state index in [1.807, 2.05) is 0 Å². The molecule has 0 saturated carbocycles. The van der Waals surface area contributed by atoms with E-state index < -0.39 is 28.6 Å². The largest absolute Gasteiger partial charge is 0.780 e. The number of phosphoric ester groups is 1. The second-order valence-electron chi connectivity index (χ2n) is 2.46. The van der Waals surface area contributed by atoms with E-state index in [4.69, 9.17) is 4.55 Å². The van der Waals surface area contributed by atoms with Gasteiger partial charge in [0.05, 0.1) is 0 Å². The molecule has 0 fully saturated rings. The van der Waals surface area contributed by atoms with Gasteiger partial charge in [0.15, 0.2) is 0 Å². The standard InChI is InChI=1S/C6H7O7PS/c7-14(8,9)13-5-3-1-2-4-6(5)15(10,11)12/h1-4H,(H2,7,8,9)(H,10,11,12)/p-2. The normalized spacial score (nSPS) is 12.5. The molecule has 15 heavy (non-hydrogen) atoms. The molecule has 0 unspecified atom stereocenters. The molecular weight excluding hydrogens is 247 g/mol. The fourth-order valence-corrected chi connectivity index (χ4v) is 1.94. The molecule has 0 aromatic heterocycles. The number of hydrogen-bond donors (Lipinski definition) is 1. The number of hydrogen-bond acceptors (Lipinski definition) is 6. The molecule has 0 spiro atoms. The third kappa shape index (κ3) is 3.61. The summed E-state index contributed by atoms with van der Waals surface area (Å²) in [6.45, 7) is 0. The summed E-state index contributed by atoms with van der Waals surface area (Å²) in [5.41, 5.74) is 0. The van der Waals surface area contributed by atoms with Gasteiger partial charge in [0, 0.05) is 0 Å². The zero-order valence-corrected chi connectivity index (χ0v) is 8.77. The third-order valence-electron chi connectivity index (χ3n) is 1.34. The first kappa shape index (κ1) is 12.2. The van der Waals surface area contributed by atoms with Gasteiger partial charge in [-0.15, -0.1) is 0 Å². The third-order valence-corrected chi connectivity index (χ3v) is 2.65. The molecule has 1 aromatic rings. The van der Waals surface area contributed by atoms with Crippen LogP contribution in [0, 0.1) is 0 Å². The highest BCUT2D eigenvalue weighted by Gasteiger charge is 2.16. The summed E-state index contributed by atoms with van der Waals surface area (Å²) in [6.07, 6.45) is 0. The molecule has 1 rings (SSSR count). The molecule has 0 aliphatic carbocycles. The van der Waals surface area contributed by atoms with E-state index in [1.54, 1.807) is 0 Å². The van der Waals surface area contributed by atoms with Crippen molar-refractivity contribution in [2.24, 2.45) is 0 Å². The van der Waals surface area contributed by atoms with E-state index in [1.165, 1.54) is 12.1 Å². The van der Waals surface area contributed by atoms with E-state index in [0.717, 1.165) is 12.1 Å². The second-order valence-corrected chi connectivity index (χ2v) is 4.93. The highest BCUT2D eigenvalue weighted by molar-refractivity contribution is 7.86. The molecule has 0 amide bonds. The van der Waals surface area contributed by atoms with Gasteiger partial charge in [-0.25, -0.2) is 0 Å². The maximum absolute atomic E-state index is 10.7. The molecular formula is C6H5O7PS-2. The van der Waals surface area contributed by atoms with E-state index in [2.05, 4.69) is 4.52 Å². The summed E-state index contributed by atoms with van der Waals surface area (Å²) in [6, 6.07) is 4.32. The van der Waals surface area contributed by atoms with Crippen LogP contribution in [0.4, 0.5) is 0 Å². The van der Waals surface area contributed by atoms with Crippen LogP contribution in [0.2, 0.25) is 0 Å². The van der Waals surface area contributed by atoms with Crippen molar-refractivity contribution in [1.82, 2.24) is 0 Å². The van der Waals surface area contributed by atoms with E-state index >= 15 is 0 Å². The van der Waals surface area contributed by atoms with Gasteiger partial charge in [-0.2, -0.15) is 8.42 Å². The van der Waals surface area contributed by atoms with Gasteiger partial charge in [-0.3, -0.25) is 4.55 Å². The van der Waals surface area contributed by atoms with Gasteiger partial charge in [-0.05, 0) is 12.1 Å². The Labute approximate surface area is 85.3 Å². The topological polar surface area (TPSA) is 127 Å². The molecule has 9 heteroatoms. The van der Waals surface area contributed by atoms with Crippen LogP contribution in [0.15, 0.2) is 29.2 Å². The second kappa shape index (κ2) is 3.92. The summed E-state index contributed by atoms with van der Waals surface area (Å²) in [5, 5.41) is 0. The van der Waals surface area contributed by atoms with Crippen molar-refractivity contribution in [3.05, 3.63) is 24.3 Å². The molecule has 0 heterocycles. The molecule has 0 saturated heterocycles. The Balaban J connectivity index is 3.26. The lowest BCUT2D eigenvalue weighted by Crippen LogP contribution is -2.19. The van der Waals surface area contributed by atoms with Crippen molar-refractivity contribution in [3.63, 3.8) is 0 Å². The average molecular weight is 252 g/mol. The van der Waals surface area contributed by atoms with Crippen LogP contribution >= 0.6 is 7.82 Å². The summed E-state index contributed by atoms with van der Waals surface area (Å²) in [7, 11) is -9.99. The SMILES string of the molecule is O=P([O-])([O-])Oc1ccccc1S(=O)(=O)O. The van der Waals surface area contributed by atoms with Gasteiger partial charge >= 0.3 is 0 Å². The number of rotatable bonds is 3. The predicted molar refractivity (Wildman–Crippen MR) is 44.5 cm³/mol. The first-order chi connectivity index (χ1) is 6.70. The Morgan fingerprint density at radius 2 is 1.80 bits per heavy atom. The Morgan fingerprint density at radius 3 is 2.27 bits per heavy atom. The molecule has 1 aromatic carbocycles. The molecule has 0 atom stereocenters. The lowest BCUT2D eigenvalue weighted by Gasteiger charge is -2.29. The van der Waals surface area contributed by atoms with Gasteiger partial charge < -0.3 is 18.9 Å². The lowest BCUT2D eigenvalue weighted by molar-refractivity contribution is -0.333. The zero-order valence-electron chi connectivity index (χ0n) is 7.06. The monoisotopic (exact) mass is 252 g/mol. The Hall–Kier alpha value is -0.920. The first-order valence-corrected chi connectivity index (χ1v) is 6.38. The molecule has 1 N–H and O–H groups in total. The van der Waals surface area contributed by atoms with Crippen LogP contribution in [0.25, 0.3) is 0 Å². The van der Waals surface area contributed by atoms with Crippen LogP contribution in [-0.4, -0.2) is 13.0 Å². The molecule has 7 nitrogen and oxygen atoms in total. The van der Waals surface area contributed by atoms with Crippen molar-refractivity contribution >= 4 is 17.9 Å². The van der Waals surface area contributed by atoms with E-state index in [0.29, 0.717) is 0 Å². The Kier molecular flexibility index (Phi) is 3.17. The smallest absolute Gasteiger partial charge is 0.298 e. The van der Waals surface area contributed by atoms with Crippen molar-refractivity contribution in [3.8, 4) is 5.75 Å². The van der Waals surface area contributed by atoms with E-state index in [9.17, 15) is 22.8 Å². The van der Waals surface area contributed by atoms with Crippen LogP contribution in [-0.2, 0) is 14.7 Å². The Bertz CT molecular complexity index is 502. The first-order valence-electron chi connectivity index (χ1n) is 3.48. The minimum atomic E-state index is -5.36. The minimum absolute atomic E-state index is 0.728. The maximum Gasteiger partial charge on any atom is 0.298 e. The summed E-state index contributed by atoms with van der Waals surface area (Å²) in [5.74, 6) is -0.728. The fraction of sp³-hybridized carbons (Fsp3) is 0. The molecule has 0 bridgehead atoms. The predicted octanol–water partition coefficient (Wildman–Crippen LogP) is -0.859. The lowest BCUT2D eigenvalue weighted by atomic mass is 10.3. The van der Waals surface area contributed by atoms with Crippen molar-refractivity contribution in [1.29, 1.82) is 0 Å². The highest BCUT2D eigenvalue weighted by Crippen LogP contribution is 2.33. The summed E-state index contributed by atoms with van der Waals surface area (Å²) >= 11 is 0. The van der Waals surface area contributed by atoms with Crippen molar-refractivity contribution < 1.29 is 31.8 Å². The van der Waals surface area contributed by atoms with Crippen molar-refractivity contribution in [2.75, 3.05) is 0 Å². The van der Waals surface area contributed by atoms with Gasteiger partial charge in [0.2, 0.25) is 0 Å². The van der Waals surface area contributed by atoms with Crippen LogP contribution in [0.3, 0.4) is 0 Å². The maximum atomic E-state index is 10.7. The molecule has 0 aliphatic rings. The van der Waals surface area contributed by atoms with Crippen molar-refractivity contribution in [2.45, 2.75) is 4.90 Å². The number of benzene rings is 1. The number of para-hydroxylation sites is 1. The Morgan fingerprint density at radius 1 is 1.27 bits per heavy atom. The molecule has 0 radical (unpaired) electrons. The summed E-state index contributed by atoms with van der Waals surface area (Å²) in [4.78, 5) is 19.7. The van der Waals surface area contributed by atoms with E-state index in [-0.39, 0.29) is 0 Å². The molecule has 84 valence electrons. The van der Waals surface area contributed by atoms with Crippen LogP contribution < -0.4 is 14.3 Å². The van der Waals surface area contributed by atoms with Gasteiger partial charge in [0.1, 0.15) is 18.5 Å². The highest BCUT2D eigenvalue weighted by atomic mass is 32.2. The fourth-order valence-electron chi connectivity index (χ4n) is 0.859. The van der Waals surface area contributed by atoms with Crippen LogP contribution in [0.1, 0.15) is 0 Å². The molecule has 0 aliphatic heterocycles. The zero-order chi connectivity index (χ0) is 11.7. The minimum Gasteiger partial charge on any atom is -0.780 e. The average Bonchev–Trinajstić information content (AvgIpc) is 1.99. The van der Waals surface area contributed by atoms with Gasteiger partial charge in [0.25, 0.3) is 10.1 Å². The quantitative estimate of drug-likeness (QED) is 0.547. The summed E-state index contributed by atoms with van der Waals surface area (Å²) < 4.78 is 44.2. The van der Waals surface area contributed by atoms with Gasteiger partial charge in [-0.1, -0.05) is 12.1 Å². The number of phosphoric acid groups is 1.